The Morgan fingerprint density at radius 2 is 1.96 bits per heavy atom. The second-order valence-electron chi connectivity index (χ2n) is 7.07. The van der Waals surface area contributed by atoms with E-state index in [4.69, 9.17) is 9.47 Å². The summed E-state index contributed by atoms with van der Waals surface area (Å²) in [6.45, 7) is 5.46. The number of thioether (sulfide) groups is 2. The highest BCUT2D eigenvalue weighted by atomic mass is 32.2. The molecule has 2 aromatic carbocycles. The number of esters is 1. The summed E-state index contributed by atoms with van der Waals surface area (Å²) in [6.07, 6.45) is 1.75. The Morgan fingerprint density at radius 1 is 1.21 bits per heavy atom. The first-order chi connectivity index (χ1) is 13.3. The van der Waals surface area contributed by atoms with Crippen LogP contribution in [0.15, 0.2) is 47.1 Å². The van der Waals surface area contributed by atoms with Gasteiger partial charge < -0.3 is 9.47 Å². The molecule has 0 aromatic heterocycles. The standard InChI is InChI=1S/C21H21NO4S2/c1-21(2,3)26-18(23)12-27-20-22-16(19(24)28-20)11-15-14-8-6-5-7-13(14)9-10-17(15)25-4/h5-11H,12H2,1-4H3. The molecule has 5 nitrogen and oxygen atoms in total. The van der Waals surface area contributed by atoms with Crippen molar-refractivity contribution in [2.45, 2.75) is 26.4 Å². The zero-order chi connectivity index (χ0) is 20.3. The van der Waals surface area contributed by atoms with Gasteiger partial charge in [-0.05, 0) is 55.4 Å². The predicted octanol–water partition coefficient (Wildman–Crippen LogP) is 4.89. The molecule has 0 saturated carbocycles. The highest BCUT2D eigenvalue weighted by Gasteiger charge is 2.25. The molecule has 0 bridgehead atoms. The van der Waals surface area contributed by atoms with Crippen molar-refractivity contribution in [2.24, 2.45) is 4.99 Å². The molecule has 2 aromatic rings. The van der Waals surface area contributed by atoms with Gasteiger partial charge in [-0.25, -0.2) is 4.99 Å². The van der Waals surface area contributed by atoms with Crippen molar-refractivity contribution >= 4 is 55.8 Å². The van der Waals surface area contributed by atoms with Crippen LogP contribution in [0.3, 0.4) is 0 Å². The number of carbonyl (C=O) groups excluding carboxylic acids is 2. The Bertz CT molecular complexity index is 990. The molecular weight excluding hydrogens is 394 g/mol. The van der Waals surface area contributed by atoms with E-state index in [1.54, 1.807) is 13.2 Å². The monoisotopic (exact) mass is 415 g/mol. The van der Waals surface area contributed by atoms with Crippen LogP contribution in [-0.4, -0.2) is 33.9 Å². The molecule has 146 valence electrons. The summed E-state index contributed by atoms with van der Waals surface area (Å²) in [4.78, 5) is 28.7. The number of aliphatic imine (C=N–C) groups is 1. The fourth-order valence-electron chi connectivity index (χ4n) is 2.68. The molecule has 28 heavy (non-hydrogen) atoms. The molecule has 0 aliphatic carbocycles. The highest BCUT2D eigenvalue weighted by molar-refractivity contribution is 8.45. The molecule has 3 rings (SSSR count). The fraction of sp³-hybridized carbons (Fsp3) is 0.286. The number of rotatable bonds is 4. The first-order valence-corrected chi connectivity index (χ1v) is 10.5. The largest absolute Gasteiger partial charge is 0.496 e. The van der Waals surface area contributed by atoms with E-state index < -0.39 is 5.60 Å². The van der Waals surface area contributed by atoms with Gasteiger partial charge in [0.25, 0.3) is 0 Å². The van der Waals surface area contributed by atoms with Crippen molar-refractivity contribution in [3.05, 3.63) is 47.7 Å². The van der Waals surface area contributed by atoms with E-state index in [1.165, 1.54) is 11.8 Å². The lowest BCUT2D eigenvalue weighted by molar-refractivity contribution is -0.151. The molecule has 0 unspecified atom stereocenters. The van der Waals surface area contributed by atoms with Crippen LogP contribution < -0.4 is 4.74 Å². The van der Waals surface area contributed by atoms with Gasteiger partial charge in [0.15, 0.2) is 0 Å². The molecule has 0 amide bonds. The zero-order valence-corrected chi connectivity index (χ0v) is 17.8. The van der Waals surface area contributed by atoms with E-state index in [-0.39, 0.29) is 16.8 Å². The molecule has 0 atom stereocenters. The number of benzene rings is 2. The molecule has 0 N–H and O–H groups in total. The van der Waals surface area contributed by atoms with Crippen LogP contribution in [0.2, 0.25) is 0 Å². The summed E-state index contributed by atoms with van der Waals surface area (Å²) in [6, 6.07) is 11.8. The minimum absolute atomic E-state index is 0.112. The number of hydrogen-bond acceptors (Lipinski definition) is 7. The van der Waals surface area contributed by atoms with E-state index in [2.05, 4.69) is 4.99 Å². The van der Waals surface area contributed by atoms with Crippen LogP contribution in [0.1, 0.15) is 26.3 Å². The molecular formula is C21H21NO4S2. The fourth-order valence-corrected chi connectivity index (χ4v) is 4.30. The van der Waals surface area contributed by atoms with Gasteiger partial charge in [0, 0.05) is 5.56 Å². The van der Waals surface area contributed by atoms with Crippen LogP contribution >= 0.6 is 23.5 Å². The van der Waals surface area contributed by atoms with Crippen molar-refractivity contribution in [3.8, 4) is 5.75 Å². The molecule has 0 saturated heterocycles. The molecule has 0 fully saturated rings. The maximum Gasteiger partial charge on any atom is 0.316 e. The Kier molecular flexibility index (Phi) is 6.15. The topological polar surface area (TPSA) is 65.0 Å². The van der Waals surface area contributed by atoms with Crippen molar-refractivity contribution in [1.29, 1.82) is 0 Å². The van der Waals surface area contributed by atoms with E-state index >= 15 is 0 Å². The minimum Gasteiger partial charge on any atom is -0.496 e. The van der Waals surface area contributed by atoms with Crippen molar-refractivity contribution in [2.75, 3.05) is 12.9 Å². The Morgan fingerprint density at radius 3 is 2.68 bits per heavy atom. The van der Waals surface area contributed by atoms with Crippen molar-refractivity contribution in [3.63, 3.8) is 0 Å². The zero-order valence-electron chi connectivity index (χ0n) is 16.1. The molecule has 1 heterocycles. The maximum atomic E-state index is 12.4. The molecule has 0 spiro atoms. The normalized spacial score (nSPS) is 15.8. The van der Waals surface area contributed by atoms with Crippen LogP contribution in [-0.2, 0) is 14.3 Å². The Balaban J connectivity index is 1.84. The maximum absolute atomic E-state index is 12.4. The molecule has 7 heteroatoms. The van der Waals surface area contributed by atoms with Crippen LogP contribution in [0.25, 0.3) is 16.8 Å². The number of hydrogen-bond donors (Lipinski definition) is 0. The highest BCUT2D eigenvalue weighted by Crippen LogP contribution is 2.35. The number of carbonyl (C=O) groups is 2. The molecule has 0 radical (unpaired) electrons. The number of methoxy groups -OCH3 is 1. The van der Waals surface area contributed by atoms with Crippen LogP contribution in [0, 0.1) is 0 Å². The third-order valence-corrected chi connectivity index (χ3v) is 5.75. The van der Waals surface area contributed by atoms with Gasteiger partial charge in [0.1, 0.15) is 21.4 Å². The lowest BCUT2D eigenvalue weighted by Crippen LogP contribution is -2.25. The quantitative estimate of drug-likeness (QED) is 0.523. The summed E-state index contributed by atoms with van der Waals surface area (Å²) >= 11 is 2.24. The SMILES string of the molecule is COc1ccc2ccccc2c1C=C1N=C(SCC(=O)OC(C)(C)C)SC1=O. The van der Waals surface area contributed by atoms with Crippen LogP contribution in [0.4, 0.5) is 0 Å². The van der Waals surface area contributed by atoms with Gasteiger partial charge in [-0.3, -0.25) is 9.59 Å². The van der Waals surface area contributed by atoms with Gasteiger partial charge in [-0.1, -0.05) is 42.1 Å². The van der Waals surface area contributed by atoms with E-state index in [0.29, 0.717) is 15.8 Å². The second-order valence-corrected chi connectivity index (χ2v) is 9.26. The van der Waals surface area contributed by atoms with Gasteiger partial charge in [-0.15, -0.1) is 0 Å². The van der Waals surface area contributed by atoms with Crippen molar-refractivity contribution in [1.82, 2.24) is 0 Å². The summed E-state index contributed by atoms with van der Waals surface area (Å²) in [5, 5.41) is 1.88. The second kappa shape index (κ2) is 8.41. The average Bonchev–Trinajstić information content (AvgIpc) is 2.98. The predicted molar refractivity (Wildman–Crippen MR) is 117 cm³/mol. The van der Waals surface area contributed by atoms with E-state index in [9.17, 15) is 9.59 Å². The minimum atomic E-state index is -0.534. The third kappa shape index (κ3) is 4.97. The summed E-state index contributed by atoms with van der Waals surface area (Å²) in [7, 11) is 1.60. The summed E-state index contributed by atoms with van der Waals surface area (Å²) in [5.74, 6) is 0.455. The third-order valence-electron chi connectivity index (χ3n) is 3.77. The van der Waals surface area contributed by atoms with E-state index in [0.717, 1.165) is 28.1 Å². The van der Waals surface area contributed by atoms with Gasteiger partial charge in [0.2, 0.25) is 5.12 Å². The number of ether oxygens (including phenoxy) is 2. The first-order valence-electron chi connectivity index (χ1n) is 8.70. The van der Waals surface area contributed by atoms with E-state index in [1.807, 2.05) is 57.2 Å². The van der Waals surface area contributed by atoms with Gasteiger partial charge in [-0.2, -0.15) is 0 Å². The smallest absolute Gasteiger partial charge is 0.316 e. The number of nitrogens with zero attached hydrogens (tertiary/aromatic N) is 1. The Labute approximate surface area is 172 Å². The summed E-state index contributed by atoms with van der Waals surface area (Å²) in [5.41, 5.74) is 0.617. The summed E-state index contributed by atoms with van der Waals surface area (Å²) < 4.78 is 11.3. The number of fused-ring (bicyclic) bond motifs is 1. The first kappa shape index (κ1) is 20.5. The Hall–Kier alpha value is -2.25. The molecule has 1 aliphatic rings. The lowest BCUT2D eigenvalue weighted by Gasteiger charge is -2.19. The average molecular weight is 416 g/mol. The lowest BCUT2D eigenvalue weighted by atomic mass is 10.0. The molecule has 1 aliphatic heterocycles. The van der Waals surface area contributed by atoms with Crippen LogP contribution in [0.5, 0.6) is 5.75 Å². The van der Waals surface area contributed by atoms with Gasteiger partial charge in [0.05, 0.1) is 12.9 Å². The van der Waals surface area contributed by atoms with Crippen molar-refractivity contribution < 1.29 is 19.1 Å². The van der Waals surface area contributed by atoms with Gasteiger partial charge >= 0.3 is 5.97 Å².